The van der Waals surface area contributed by atoms with Crippen LogP contribution in [0.2, 0.25) is 0 Å². The minimum Gasteiger partial charge on any atom is -0.361 e. The van der Waals surface area contributed by atoms with Crippen molar-refractivity contribution in [1.82, 2.24) is 4.90 Å². The fourth-order valence-corrected chi connectivity index (χ4v) is 1.68. The van der Waals surface area contributed by atoms with Crippen LogP contribution in [0.15, 0.2) is 0 Å². The normalized spacial score (nSPS) is 24.6. The summed E-state index contributed by atoms with van der Waals surface area (Å²) >= 11 is 4.32. The van der Waals surface area contributed by atoms with Gasteiger partial charge in [0.05, 0.1) is 12.7 Å². The molecule has 80 valence electrons. The van der Waals surface area contributed by atoms with Crippen LogP contribution in [0, 0.1) is 16.7 Å². The van der Waals surface area contributed by atoms with E-state index in [1.165, 1.54) is 0 Å². The molecule has 1 saturated heterocycles. The topological polar surface area (TPSA) is 36.3 Å². The van der Waals surface area contributed by atoms with Crippen molar-refractivity contribution in [3.63, 3.8) is 0 Å². The molecule has 14 heavy (non-hydrogen) atoms. The fourth-order valence-electron chi connectivity index (χ4n) is 1.58. The number of hydrogen-bond acceptors (Lipinski definition) is 4. The molecule has 0 N–H and O–H groups in total. The van der Waals surface area contributed by atoms with Crippen molar-refractivity contribution in [3.05, 3.63) is 0 Å². The van der Waals surface area contributed by atoms with E-state index in [-0.39, 0.29) is 11.5 Å². The van der Waals surface area contributed by atoms with E-state index in [9.17, 15) is 0 Å². The van der Waals surface area contributed by atoms with Gasteiger partial charge >= 0.3 is 0 Å². The molecule has 1 rings (SSSR count). The highest BCUT2D eigenvalue weighted by atomic mass is 32.1. The Bertz CT molecular complexity index is 225. The molecule has 1 heterocycles. The van der Waals surface area contributed by atoms with E-state index in [1.54, 1.807) is 0 Å². The number of thiol groups is 1. The van der Waals surface area contributed by atoms with Crippen LogP contribution in [0.3, 0.4) is 0 Å². The first kappa shape index (κ1) is 11.8. The molecule has 0 radical (unpaired) electrons. The maximum Gasteiger partial charge on any atom is 0.156 e. The molecule has 1 atom stereocenters. The van der Waals surface area contributed by atoms with Gasteiger partial charge in [-0.15, -0.1) is 0 Å². The number of hydrogen-bond donors (Lipinski definition) is 1. The number of nitrogens with zero attached hydrogens (tertiary/aromatic N) is 2. The summed E-state index contributed by atoms with van der Waals surface area (Å²) in [6.07, 6.45) is -0.250. The number of ether oxygens (including phenoxy) is 1. The molecule has 4 heteroatoms. The van der Waals surface area contributed by atoms with Gasteiger partial charge in [-0.1, -0.05) is 13.8 Å². The van der Waals surface area contributed by atoms with E-state index in [0.29, 0.717) is 6.61 Å². The van der Waals surface area contributed by atoms with Gasteiger partial charge in [0.1, 0.15) is 0 Å². The molecule has 1 aliphatic rings. The summed E-state index contributed by atoms with van der Waals surface area (Å²) < 4.78 is 5.28. The number of morpholine rings is 1. The van der Waals surface area contributed by atoms with Gasteiger partial charge in [0.15, 0.2) is 6.10 Å². The van der Waals surface area contributed by atoms with Crippen molar-refractivity contribution in [2.75, 3.05) is 32.0 Å². The second kappa shape index (κ2) is 5.01. The van der Waals surface area contributed by atoms with Crippen LogP contribution in [0.5, 0.6) is 0 Å². The van der Waals surface area contributed by atoms with E-state index in [0.717, 1.165) is 25.4 Å². The molecular formula is C10H18N2OS. The molecule has 0 aromatic carbocycles. The van der Waals surface area contributed by atoms with Gasteiger partial charge in [-0.2, -0.15) is 17.9 Å². The second-order valence-corrected chi connectivity index (χ2v) is 4.86. The summed E-state index contributed by atoms with van der Waals surface area (Å²) in [6.45, 7) is 7.69. The molecule has 0 saturated carbocycles. The molecule has 0 spiro atoms. The third-order valence-electron chi connectivity index (χ3n) is 2.37. The summed E-state index contributed by atoms with van der Waals surface area (Å²) in [7, 11) is 0. The molecule has 0 aliphatic carbocycles. The van der Waals surface area contributed by atoms with Crippen LogP contribution in [-0.4, -0.2) is 43.0 Å². The molecule has 0 amide bonds. The van der Waals surface area contributed by atoms with Gasteiger partial charge in [-0.05, 0) is 11.2 Å². The third kappa shape index (κ3) is 3.49. The maximum atomic E-state index is 8.75. The Hall–Kier alpha value is -0.240. The summed E-state index contributed by atoms with van der Waals surface area (Å²) in [6, 6.07) is 2.15. The van der Waals surface area contributed by atoms with Crippen molar-refractivity contribution >= 4 is 12.6 Å². The van der Waals surface area contributed by atoms with Gasteiger partial charge < -0.3 is 4.74 Å². The molecule has 0 aromatic heterocycles. The van der Waals surface area contributed by atoms with Gasteiger partial charge in [0.25, 0.3) is 0 Å². The lowest BCUT2D eigenvalue weighted by atomic mass is 9.95. The van der Waals surface area contributed by atoms with Crippen LogP contribution in [-0.2, 0) is 4.74 Å². The Morgan fingerprint density at radius 2 is 2.36 bits per heavy atom. The van der Waals surface area contributed by atoms with Gasteiger partial charge in [-0.25, -0.2) is 0 Å². The highest BCUT2D eigenvalue weighted by molar-refractivity contribution is 7.80. The van der Waals surface area contributed by atoms with E-state index in [4.69, 9.17) is 10.00 Å². The second-order valence-electron chi connectivity index (χ2n) is 4.55. The predicted molar refractivity (Wildman–Crippen MR) is 59.4 cm³/mol. The lowest BCUT2D eigenvalue weighted by Gasteiger charge is -2.35. The van der Waals surface area contributed by atoms with Gasteiger partial charge in [0.2, 0.25) is 0 Å². The fraction of sp³-hybridized carbons (Fsp3) is 0.900. The highest BCUT2D eigenvalue weighted by Crippen LogP contribution is 2.19. The number of nitriles is 1. The van der Waals surface area contributed by atoms with Crippen LogP contribution in [0.4, 0.5) is 0 Å². The molecule has 1 unspecified atom stereocenters. The monoisotopic (exact) mass is 214 g/mol. The maximum absolute atomic E-state index is 8.75. The lowest BCUT2D eigenvalue weighted by molar-refractivity contribution is -0.00989. The third-order valence-corrected chi connectivity index (χ3v) is 3.23. The van der Waals surface area contributed by atoms with E-state index in [2.05, 4.69) is 37.4 Å². The van der Waals surface area contributed by atoms with Gasteiger partial charge in [-0.3, -0.25) is 4.90 Å². The predicted octanol–water partition coefficient (Wildman–Crippen LogP) is 1.17. The zero-order chi connectivity index (χ0) is 10.6. The van der Waals surface area contributed by atoms with E-state index < -0.39 is 0 Å². The largest absolute Gasteiger partial charge is 0.361 e. The zero-order valence-electron chi connectivity index (χ0n) is 8.86. The van der Waals surface area contributed by atoms with Crippen molar-refractivity contribution in [2.24, 2.45) is 5.41 Å². The molecule has 3 nitrogen and oxygen atoms in total. The summed E-state index contributed by atoms with van der Waals surface area (Å²) in [5, 5.41) is 8.75. The van der Waals surface area contributed by atoms with E-state index in [1.807, 2.05) is 0 Å². The average Bonchev–Trinajstić information content (AvgIpc) is 2.17. The van der Waals surface area contributed by atoms with Crippen LogP contribution < -0.4 is 0 Å². The Morgan fingerprint density at radius 1 is 1.64 bits per heavy atom. The van der Waals surface area contributed by atoms with Gasteiger partial charge in [0, 0.05) is 19.6 Å². The average molecular weight is 214 g/mol. The smallest absolute Gasteiger partial charge is 0.156 e. The lowest BCUT2D eigenvalue weighted by Crippen LogP contribution is -2.46. The van der Waals surface area contributed by atoms with Crippen LogP contribution in [0.1, 0.15) is 13.8 Å². The standard InChI is InChI=1S/C10H18N2OS/c1-10(2,8-14)7-12-3-4-13-9(5-11)6-12/h9,14H,3-4,6-8H2,1-2H3. The molecule has 1 aliphatic heterocycles. The first-order valence-electron chi connectivity index (χ1n) is 4.92. The SMILES string of the molecule is CC(C)(CS)CN1CCOC(C#N)C1. The molecule has 1 fully saturated rings. The van der Waals surface area contributed by atoms with Crippen LogP contribution in [0.25, 0.3) is 0 Å². The van der Waals surface area contributed by atoms with Crippen molar-refractivity contribution in [2.45, 2.75) is 20.0 Å². The Labute approximate surface area is 91.4 Å². The van der Waals surface area contributed by atoms with Crippen molar-refractivity contribution in [1.29, 1.82) is 5.26 Å². The van der Waals surface area contributed by atoms with Crippen molar-refractivity contribution in [3.8, 4) is 6.07 Å². The minimum absolute atomic E-state index is 0.209. The summed E-state index contributed by atoms with van der Waals surface area (Å²) in [5.74, 6) is 0.863. The first-order valence-corrected chi connectivity index (χ1v) is 5.55. The molecule has 0 aromatic rings. The Kier molecular flexibility index (Phi) is 4.24. The Morgan fingerprint density at radius 3 is 2.93 bits per heavy atom. The Balaban J connectivity index is 2.42. The van der Waals surface area contributed by atoms with E-state index >= 15 is 0 Å². The summed E-state index contributed by atoms with van der Waals surface area (Å²) in [4.78, 5) is 2.29. The molecular weight excluding hydrogens is 196 g/mol. The highest BCUT2D eigenvalue weighted by Gasteiger charge is 2.25. The molecule has 0 bridgehead atoms. The zero-order valence-corrected chi connectivity index (χ0v) is 9.76. The van der Waals surface area contributed by atoms with Crippen molar-refractivity contribution < 1.29 is 4.74 Å². The first-order chi connectivity index (χ1) is 6.57. The number of rotatable bonds is 3. The minimum atomic E-state index is -0.250. The summed E-state index contributed by atoms with van der Waals surface area (Å²) in [5.41, 5.74) is 0.209. The van der Waals surface area contributed by atoms with Crippen LogP contribution >= 0.6 is 12.6 Å². The quantitative estimate of drug-likeness (QED) is 0.716.